The summed E-state index contributed by atoms with van der Waals surface area (Å²) in [6.07, 6.45) is 2.33. The normalized spacial score (nSPS) is 34.2. The third-order valence-electron chi connectivity index (χ3n) is 2.81. The van der Waals surface area contributed by atoms with E-state index in [1.165, 1.54) is 0 Å². The molecular weight excluding hydrogens is 136 g/mol. The van der Waals surface area contributed by atoms with Crippen LogP contribution in [0.2, 0.25) is 0 Å². The van der Waals surface area contributed by atoms with Crippen LogP contribution >= 0.6 is 0 Å². The first-order chi connectivity index (χ1) is 4.66. The maximum atomic E-state index is 13.0. The number of halogens is 2. The molecule has 0 radical (unpaired) electrons. The summed E-state index contributed by atoms with van der Waals surface area (Å²) < 4.78 is 26.0. The molecule has 2 aliphatic rings. The first kappa shape index (κ1) is 6.53. The predicted molar refractivity (Wildman–Crippen MR) is 34.1 cm³/mol. The first-order valence-corrected chi connectivity index (χ1v) is 3.79. The standard InChI is InChI=1S/C7H11F2N/c8-7(9)4-5-10-6(7)2-1-3-6/h10H,1-5H2. The second-order valence-corrected chi connectivity index (χ2v) is 3.32. The molecule has 1 saturated heterocycles. The van der Waals surface area contributed by atoms with Crippen molar-refractivity contribution in [1.82, 2.24) is 5.32 Å². The Hall–Kier alpha value is -0.180. The third-order valence-corrected chi connectivity index (χ3v) is 2.81. The van der Waals surface area contributed by atoms with Crippen LogP contribution in [0, 0.1) is 0 Å². The molecule has 1 spiro atoms. The zero-order valence-electron chi connectivity index (χ0n) is 5.79. The predicted octanol–water partition coefficient (Wildman–Crippen LogP) is 1.54. The van der Waals surface area contributed by atoms with Gasteiger partial charge in [-0.15, -0.1) is 0 Å². The lowest BCUT2D eigenvalue weighted by Crippen LogP contribution is -2.56. The lowest BCUT2D eigenvalue weighted by atomic mass is 9.73. The maximum absolute atomic E-state index is 13.0. The van der Waals surface area contributed by atoms with E-state index in [9.17, 15) is 8.78 Å². The van der Waals surface area contributed by atoms with Gasteiger partial charge < -0.3 is 5.32 Å². The van der Waals surface area contributed by atoms with Crippen LogP contribution in [-0.4, -0.2) is 18.0 Å². The molecule has 58 valence electrons. The van der Waals surface area contributed by atoms with Gasteiger partial charge in [0.15, 0.2) is 0 Å². The molecule has 2 fully saturated rings. The second kappa shape index (κ2) is 1.70. The lowest BCUT2D eigenvalue weighted by Gasteiger charge is -2.42. The van der Waals surface area contributed by atoms with Crippen molar-refractivity contribution in [1.29, 1.82) is 0 Å². The van der Waals surface area contributed by atoms with Gasteiger partial charge in [0.1, 0.15) is 0 Å². The topological polar surface area (TPSA) is 12.0 Å². The van der Waals surface area contributed by atoms with E-state index in [4.69, 9.17) is 0 Å². The Balaban J connectivity index is 2.20. The molecule has 1 nitrogen and oxygen atoms in total. The fourth-order valence-corrected chi connectivity index (χ4v) is 1.90. The van der Waals surface area contributed by atoms with Crippen molar-refractivity contribution >= 4 is 0 Å². The molecule has 1 aliphatic carbocycles. The largest absolute Gasteiger partial charge is 0.306 e. The minimum atomic E-state index is -2.43. The van der Waals surface area contributed by atoms with Gasteiger partial charge in [0, 0.05) is 13.0 Å². The molecule has 1 aliphatic heterocycles. The van der Waals surface area contributed by atoms with Crippen LogP contribution in [0.4, 0.5) is 8.78 Å². The van der Waals surface area contributed by atoms with Gasteiger partial charge >= 0.3 is 0 Å². The Bertz CT molecular complexity index is 152. The van der Waals surface area contributed by atoms with Crippen molar-refractivity contribution in [3.63, 3.8) is 0 Å². The van der Waals surface area contributed by atoms with Gasteiger partial charge in [-0.3, -0.25) is 0 Å². The highest BCUT2D eigenvalue weighted by Crippen LogP contribution is 2.48. The first-order valence-electron chi connectivity index (χ1n) is 3.79. The van der Waals surface area contributed by atoms with Crippen LogP contribution in [0.25, 0.3) is 0 Å². The van der Waals surface area contributed by atoms with Crippen LogP contribution in [0.5, 0.6) is 0 Å². The molecule has 3 heteroatoms. The van der Waals surface area contributed by atoms with Crippen molar-refractivity contribution in [3.05, 3.63) is 0 Å². The van der Waals surface area contributed by atoms with E-state index in [1.807, 2.05) is 0 Å². The molecule has 0 aromatic rings. The summed E-state index contributed by atoms with van der Waals surface area (Å²) in [6, 6.07) is 0. The molecule has 0 aromatic carbocycles. The van der Waals surface area contributed by atoms with Gasteiger partial charge in [-0.05, 0) is 19.3 Å². The van der Waals surface area contributed by atoms with Gasteiger partial charge in [0.05, 0.1) is 5.54 Å². The van der Waals surface area contributed by atoms with E-state index in [1.54, 1.807) is 0 Å². The minimum Gasteiger partial charge on any atom is -0.306 e. The highest BCUT2D eigenvalue weighted by molar-refractivity contribution is 5.10. The average molecular weight is 147 g/mol. The summed E-state index contributed by atoms with van der Waals surface area (Å²) in [6.45, 7) is 0.493. The van der Waals surface area contributed by atoms with E-state index in [2.05, 4.69) is 5.32 Å². The molecule has 0 unspecified atom stereocenters. The van der Waals surface area contributed by atoms with Crippen LogP contribution in [0.1, 0.15) is 25.7 Å². The number of hydrogen-bond donors (Lipinski definition) is 1. The average Bonchev–Trinajstić information content (AvgIpc) is 2.02. The summed E-state index contributed by atoms with van der Waals surface area (Å²) >= 11 is 0. The fourth-order valence-electron chi connectivity index (χ4n) is 1.90. The van der Waals surface area contributed by atoms with Gasteiger partial charge in [0.25, 0.3) is 5.92 Å². The van der Waals surface area contributed by atoms with Crippen molar-refractivity contribution in [3.8, 4) is 0 Å². The summed E-state index contributed by atoms with van der Waals surface area (Å²) in [4.78, 5) is 0. The van der Waals surface area contributed by atoms with Crippen molar-refractivity contribution in [2.75, 3.05) is 6.54 Å². The monoisotopic (exact) mass is 147 g/mol. The van der Waals surface area contributed by atoms with Gasteiger partial charge in [-0.2, -0.15) is 0 Å². The molecule has 1 saturated carbocycles. The number of nitrogens with one attached hydrogen (secondary N) is 1. The zero-order valence-corrected chi connectivity index (χ0v) is 5.79. The SMILES string of the molecule is FC1(F)CCNC12CCC2. The Morgan fingerprint density at radius 1 is 1.10 bits per heavy atom. The fraction of sp³-hybridized carbons (Fsp3) is 1.00. The third kappa shape index (κ3) is 0.590. The highest BCUT2D eigenvalue weighted by atomic mass is 19.3. The van der Waals surface area contributed by atoms with Crippen molar-refractivity contribution in [2.24, 2.45) is 0 Å². The Labute approximate surface area is 58.8 Å². The van der Waals surface area contributed by atoms with Crippen LogP contribution in [0.15, 0.2) is 0 Å². The van der Waals surface area contributed by atoms with E-state index in [0.717, 1.165) is 6.42 Å². The quantitative estimate of drug-likeness (QED) is 0.548. The molecule has 10 heavy (non-hydrogen) atoms. The summed E-state index contributed by atoms with van der Waals surface area (Å²) in [5.74, 6) is -2.43. The summed E-state index contributed by atoms with van der Waals surface area (Å²) in [5, 5.41) is 2.91. The molecule has 1 heterocycles. The second-order valence-electron chi connectivity index (χ2n) is 3.32. The molecule has 0 amide bonds. The Morgan fingerprint density at radius 3 is 2.00 bits per heavy atom. The Kier molecular flexibility index (Phi) is 1.11. The van der Waals surface area contributed by atoms with Crippen LogP contribution in [0.3, 0.4) is 0 Å². The van der Waals surface area contributed by atoms with Gasteiger partial charge in [-0.25, -0.2) is 8.78 Å². The smallest absolute Gasteiger partial charge is 0.267 e. The Morgan fingerprint density at radius 2 is 1.80 bits per heavy atom. The summed E-state index contributed by atoms with van der Waals surface area (Å²) in [5.41, 5.74) is -0.771. The molecule has 1 N–H and O–H groups in total. The molecule has 0 bridgehead atoms. The van der Waals surface area contributed by atoms with E-state index >= 15 is 0 Å². The van der Waals surface area contributed by atoms with E-state index in [0.29, 0.717) is 19.4 Å². The van der Waals surface area contributed by atoms with Gasteiger partial charge in [-0.1, -0.05) is 0 Å². The van der Waals surface area contributed by atoms with Crippen molar-refractivity contribution < 1.29 is 8.78 Å². The number of hydrogen-bond acceptors (Lipinski definition) is 1. The van der Waals surface area contributed by atoms with Crippen LogP contribution in [-0.2, 0) is 0 Å². The molecule has 2 rings (SSSR count). The number of alkyl halides is 2. The molecular formula is C7H11F2N. The van der Waals surface area contributed by atoms with E-state index < -0.39 is 11.5 Å². The lowest BCUT2D eigenvalue weighted by molar-refractivity contribution is -0.0928. The highest BCUT2D eigenvalue weighted by Gasteiger charge is 2.59. The van der Waals surface area contributed by atoms with Gasteiger partial charge in [0.2, 0.25) is 0 Å². The summed E-state index contributed by atoms with van der Waals surface area (Å²) in [7, 11) is 0. The molecule has 0 aromatic heterocycles. The zero-order chi connectivity index (χ0) is 7.24. The van der Waals surface area contributed by atoms with E-state index in [-0.39, 0.29) is 6.42 Å². The minimum absolute atomic E-state index is 0.0347. The van der Waals surface area contributed by atoms with Crippen molar-refractivity contribution in [2.45, 2.75) is 37.1 Å². The maximum Gasteiger partial charge on any atom is 0.267 e. The molecule has 0 atom stereocenters. The van der Waals surface area contributed by atoms with Crippen LogP contribution < -0.4 is 5.32 Å². The number of rotatable bonds is 0.